The molecule has 3 aliphatic heterocycles. The van der Waals surface area contributed by atoms with Crippen LogP contribution in [0, 0.1) is 23.2 Å². The molecule has 0 aromatic heterocycles. The number of nitrogens with one attached hydrogen (secondary N) is 2. The van der Waals surface area contributed by atoms with Crippen LogP contribution >= 0.6 is 0 Å². The van der Waals surface area contributed by atoms with Crippen LogP contribution in [0.5, 0.6) is 0 Å². The maximum absolute atomic E-state index is 13.0. The monoisotopic (exact) mass is 363 g/mol. The summed E-state index contributed by atoms with van der Waals surface area (Å²) in [4.78, 5) is 42.1. The lowest BCUT2D eigenvalue weighted by atomic mass is 9.57. The van der Waals surface area contributed by atoms with Crippen LogP contribution in [0.25, 0.3) is 0 Å². The van der Waals surface area contributed by atoms with E-state index in [1.165, 1.54) is 0 Å². The Labute approximate surface area is 157 Å². The molecule has 3 atom stereocenters. The van der Waals surface area contributed by atoms with Crippen LogP contribution in [0.15, 0.2) is 52.7 Å². The Morgan fingerprint density at radius 3 is 2.70 bits per heavy atom. The van der Waals surface area contributed by atoms with Gasteiger partial charge in [-0.1, -0.05) is 24.3 Å². The average molecular weight is 363 g/mol. The van der Waals surface area contributed by atoms with E-state index >= 15 is 0 Å². The fraction of sp³-hybridized carbons (Fsp3) is 0.429. The van der Waals surface area contributed by atoms with E-state index in [0.29, 0.717) is 12.3 Å². The SMILES string of the molecule is O=C1CCC(C2C(=O)C=CC3=NC(CC4CNC4)=C4C=CC=CC342)C(=O)N1. The van der Waals surface area contributed by atoms with E-state index in [2.05, 4.69) is 10.6 Å². The van der Waals surface area contributed by atoms with Crippen molar-refractivity contribution in [3.63, 3.8) is 0 Å². The molecule has 3 heterocycles. The minimum absolute atomic E-state index is 0.0625. The van der Waals surface area contributed by atoms with E-state index in [9.17, 15) is 14.4 Å². The van der Waals surface area contributed by atoms with Crippen molar-refractivity contribution in [3.05, 3.63) is 47.7 Å². The second-order valence-electron chi connectivity index (χ2n) is 7.94. The van der Waals surface area contributed by atoms with Gasteiger partial charge in [0.1, 0.15) is 0 Å². The molecule has 2 N–H and O–H groups in total. The number of hydrogen-bond acceptors (Lipinski definition) is 5. The van der Waals surface area contributed by atoms with Gasteiger partial charge in [-0.15, -0.1) is 0 Å². The van der Waals surface area contributed by atoms with Gasteiger partial charge in [-0.3, -0.25) is 24.7 Å². The van der Waals surface area contributed by atoms with Gasteiger partial charge in [-0.2, -0.15) is 0 Å². The molecule has 5 rings (SSSR count). The zero-order valence-corrected chi connectivity index (χ0v) is 14.9. The van der Waals surface area contributed by atoms with Crippen molar-refractivity contribution in [2.75, 3.05) is 13.1 Å². The topological polar surface area (TPSA) is 87.6 Å². The van der Waals surface area contributed by atoms with Crippen LogP contribution in [-0.4, -0.2) is 36.4 Å². The van der Waals surface area contributed by atoms with Crippen molar-refractivity contribution < 1.29 is 14.4 Å². The molecule has 0 aromatic carbocycles. The summed E-state index contributed by atoms with van der Waals surface area (Å²) < 4.78 is 0. The summed E-state index contributed by atoms with van der Waals surface area (Å²) >= 11 is 0. The Kier molecular flexibility index (Phi) is 3.65. The molecule has 1 spiro atoms. The molecule has 27 heavy (non-hydrogen) atoms. The first-order valence-corrected chi connectivity index (χ1v) is 9.54. The van der Waals surface area contributed by atoms with Crippen molar-refractivity contribution in [3.8, 4) is 0 Å². The zero-order valence-electron chi connectivity index (χ0n) is 14.9. The van der Waals surface area contributed by atoms with Gasteiger partial charge in [0.2, 0.25) is 11.8 Å². The van der Waals surface area contributed by atoms with Gasteiger partial charge in [-0.05, 0) is 49.6 Å². The molecular weight excluding hydrogens is 342 g/mol. The lowest BCUT2D eigenvalue weighted by Gasteiger charge is -2.43. The highest BCUT2D eigenvalue weighted by molar-refractivity contribution is 6.18. The van der Waals surface area contributed by atoms with Gasteiger partial charge in [0, 0.05) is 12.1 Å². The van der Waals surface area contributed by atoms with Crippen molar-refractivity contribution in [1.29, 1.82) is 0 Å². The van der Waals surface area contributed by atoms with E-state index in [1.54, 1.807) is 12.2 Å². The highest BCUT2D eigenvalue weighted by atomic mass is 16.2. The van der Waals surface area contributed by atoms with E-state index in [0.717, 1.165) is 36.5 Å². The van der Waals surface area contributed by atoms with Crippen LogP contribution in [0.3, 0.4) is 0 Å². The molecule has 5 aliphatic rings. The van der Waals surface area contributed by atoms with E-state index < -0.39 is 17.3 Å². The number of ketones is 1. The van der Waals surface area contributed by atoms with Crippen LogP contribution in [0.2, 0.25) is 0 Å². The van der Waals surface area contributed by atoms with Crippen LogP contribution in [0.1, 0.15) is 19.3 Å². The number of imide groups is 1. The van der Waals surface area contributed by atoms with Gasteiger partial charge < -0.3 is 5.32 Å². The Morgan fingerprint density at radius 1 is 1.11 bits per heavy atom. The van der Waals surface area contributed by atoms with Crippen LogP contribution in [-0.2, 0) is 14.4 Å². The molecule has 0 radical (unpaired) electrons. The number of piperidine rings is 1. The Balaban J connectivity index is 1.60. The fourth-order valence-corrected chi connectivity index (χ4v) is 5.00. The predicted molar refractivity (Wildman–Crippen MR) is 99.7 cm³/mol. The fourth-order valence-electron chi connectivity index (χ4n) is 5.00. The van der Waals surface area contributed by atoms with Gasteiger partial charge >= 0.3 is 0 Å². The Hall–Kier alpha value is -2.60. The number of amides is 2. The highest BCUT2D eigenvalue weighted by Gasteiger charge is 2.56. The van der Waals surface area contributed by atoms with E-state index in [1.807, 2.05) is 24.3 Å². The molecular formula is C21H21N3O3. The van der Waals surface area contributed by atoms with Crippen molar-refractivity contribution in [1.82, 2.24) is 10.6 Å². The summed E-state index contributed by atoms with van der Waals surface area (Å²) in [5.74, 6) is -1.19. The molecule has 2 aliphatic carbocycles. The molecule has 6 heteroatoms. The maximum atomic E-state index is 13.0. The lowest BCUT2D eigenvalue weighted by Crippen LogP contribution is -2.53. The van der Waals surface area contributed by atoms with E-state index in [-0.39, 0.29) is 24.0 Å². The third-order valence-corrected chi connectivity index (χ3v) is 6.40. The van der Waals surface area contributed by atoms with Crippen molar-refractivity contribution >= 4 is 23.3 Å². The zero-order chi connectivity index (χ0) is 18.6. The first kappa shape index (κ1) is 16.6. The second kappa shape index (κ2) is 5.96. The predicted octanol–water partition coefficient (Wildman–Crippen LogP) is 1.22. The van der Waals surface area contributed by atoms with E-state index in [4.69, 9.17) is 4.99 Å². The normalized spacial score (nSPS) is 35.0. The minimum Gasteiger partial charge on any atom is -0.316 e. The standard InChI is InChI=1S/C21H21N3O3/c25-16-5-6-17-21(19(16)13-4-7-18(26)24-20(13)27)8-2-1-3-14(21)15(23-17)9-12-10-22-11-12/h1-3,5-6,8,12-13,19,22H,4,7,9-11H2,(H,24,26,27). The van der Waals surface area contributed by atoms with Gasteiger partial charge in [-0.25, -0.2) is 0 Å². The summed E-state index contributed by atoms with van der Waals surface area (Å²) in [6, 6.07) is 0. The average Bonchev–Trinajstić information content (AvgIpc) is 2.93. The number of rotatable bonds is 3. The summed E-state index contributed by atoms with van der Waals surface area (Å²) in [6.45, 7) is 1.97. The molecule has 0 aromatic rings. The maximum Gasteiger partial charge on any atom is 0.230 e. The molecule has 138 valence electrons. The number of carbonyl (C=O) groups is 3. The molecule has 2 amide bonds. The first-order valence-electron chi connectivity index (χ1n) is 9.54. The third-order valence-electron chi connectivity index (χ3n) is 6.40. The molecule has 3 unspecified atom stereocenters. The van der Waals surface area contributed by atoms with Gasteiger partial charge in [0.05, 0.1) is 23.0 Å². The van der Waals surface area contributed by atoms with Gasteiger partial charge in [0.25, 0.3) is 0 Å². The quantitative estimate of drug-likeness (QED) is 0.738. The number of carbonyl (C=O) groups excluding carboxylic acids is 3. The summed E-state index contributed by atoms with van der Waals surface area (Å²) in [5.41, 5.74) is 2.22. The van der Waals surface area contributed by atoms with Crippen LogP contribution < -0.4 is 10.6 Å². The largest absolute Gasteiger partial charge is 0.316 e. The number of aliphatic imine (C=N–C) groups is 1. The minimum atomic E-state index is -0.685. The highest BCUT2D eigenvalue weighted by Crippen LogP contribution is 2.54. The smallest absolute Gasteiger partial charge is 0.230 e. The van der Waals surface area contributed by atoms with Gasteiger partial charge in [0.15, 0.2) is 5.78 Å². The number of hydrogen-bond donors (Lipinski definition) is 2. The number of allylic oxidation sites excluding steroid dienone is 8. The molecule has 0 bridgehead atoms. The Morgan fingerprint density at radius 2 is 1.96 bits per heavy atom. The van der Waals surface area contributed by atoms with Crippen molar-refractivity contribution in [2.45, 2.75) is 19.3 Å². The Bertz CT molecular complexity index is 904. The molecule has 2 saturated heterocycles. The molecule has 6 nitrogen and oxygen atoms in total. The summed E-state index contributed by atoms with van der Waals surface area (Å²) in [6.07, 6.45) is 12.9. The van der Waals surface area contributed by atoms with Crippen LogP contribution in [0.4, 0.5) is 0 Å². The second-order valence-corrected chi connectivity index (χ2v) is 7.94. The summed E-state index contributed by atoms with van der Waals surface area (Å²) in [7, 11) is 0. The first-order chi connectivity index (χ1) is 13.1. The summed E-state index contributed by atoms with van der Waals surface area (Å²) in [5, 5.41) is 5.71. The number of nitrogens with zero attached hydrogens (tertiary/aromatic N) is 1. The van der Waals surface area contributed by atoms with Crippen molar-refractivity contribution in [2.24, 2.45) is 28.2 Å². The third kappa shape index (κ3) is 2.36. The molecule has 0 saturated carbocycles. The molecule has 2 fully saturated rings. The lowest BCUT2D eigenvalue weighted by molar-refractivity contribution is -0.141.